The van der Waals surface area contributed by atoms with E-state index in [4.69, 9.17) is 0 Å². The highest BCUT2D eigenvalue weighted by atomic mass is 32.2. The van der Waals surface area contributed by atoms with Gasteiger partial charge in [0.05, 0.1) is 9.82 Å². The highest BCUT2D eigenvalue weighted by molar-refractivity contribution is 7.89. The average Bonchev–Trinajstić information content (AvgIpc) is 2.97. The van der Waals surface area contributed by atoms with Crippen molar-refractivity contribution in [2.45, 2.75) is 25.3 Å². The molecule has 0 aliphatic heterocycles. The Labute approximate surface area is 134 Å². The molecule has 0 aliphatic carbocycles. The van der Waals surface area contributed by atoms with E-state index in [9.17, 15) is 18.5 Å². The lowest BCUT2D eigenvalue weighted by molar-refractivity contribution is -0.385. The number of aryl methyl sites for hydroxylation is 1. The molecule has 1 unspecified atom stereocenters. The Hall–Kier alpha value is -2.26. The van der Waals surface area contributed by atoms with E-state index < -0.39 is 14.9 Å². The third kappa shape index (κ3) is 4.36. The maximum atomic E-state index is 12.3. The van der Waals surface area contributed by atoms with Crippen LogP contribution in [0, 0.1) is 23.0 Å². The molecule has 0 amide bonds. The van der Waals surface area contributed by atoms with Gasteiger partial charge in [0.1, 0.15) is 0 Å². The van der Waals surface area contributed by atoms with Crippen LogP contribution in [-0.2, 0) is 16.6 Å². The van der Waals surface area contributed by atoms with E-state index in [1.54, 1.807) is 16.9 Å². The Morgan fingerprint density at radius 3 is 2.74 bits per heavy atom. The van der Waals surface area contributed by atoms with Crippen molar-refractivity contribution in [3.05, 3.63) is 52.3 Å². The van der Waals surface area contributed by atoms with Crippen LogP contribution in [0.15, 0.2) is 41.6 Å². The van der Waals surface area contributed by atoms with E-state index in [-0.39, 0.29) is 23.0 Å². The predicted octanol–water partition coefficient (Wildman–Crippen LogP) is 1.71. The van der Waals surface area contributed by atoms with Gasteiger partial charge in [0.2, 0.25) is 10.0 Å². The molecule has 0 saturated carbocycles. The number of nitrogens with one attached hydrogen (secondary N) is 1. The Morgan fingerprint density at radius 1 is 1.43 bits per heavy atom. The lowest BCUT2D eigenvalue weighted by Crippen LogP contribution is -2.30. The zero-order valence-corrected chi connectivity index (χ0v) is 13.7. The topological polar surface area (TPSA) is 107 Å². The first-order valence-corrected chi connectivity index (χ1v) is 8.50. The van der Waals surface area contributed by atoms with Crippen molar-refractivity contribution in [2.24, 2.45) is 5.92 Å². The summed E-state index contributed by atoms with van der Waals surface area (Å²) in [5.74, 6) is 0.0452. The van der Waals surface area contributed by atoms with Crippen LogP contribution in [0.25, 0.3) is 0 Å². The van der Waals surface area contributed by atoms with Gasteiger partial charge < -0.3 is 0 Å². The zero-order chi connectivity index (χ0) is 17.0. The van der Waals surface area contributed by atoms with Crippen molar-refractivity contribution >= 4 is 15.7 Å². The van der Waals surface area contributed by atoms with Gasteiger partial charge in [-0.15, -0.1) is 0 Å². The molecule has 2 aromatic rings. The molecule has 0 fully saturated rings. The van der Waals surface area contributed by atoms with Crippen molar-refractivity contribution in [1.29, 1.82) is 0 Å². The van der Waals surface area contributed by atoms with Gasteiger partial charge in [-0.3, -0.25) is 14.8 Å². The van der Waals surface area contributed by atoms with Crippen molar-refractivity contribution in [3.8, 4) is 0 Å². The van der Waals surface area contributed by atoms with Gasteiger partial charge >= 0.3 is 0 Å². The molecule has 1 N–H and O–H groups in total. The standard InChI is InChI=1S/C14H18N4O4S/c1-11(10-17-7-3-6-15-17)9-16-23(21,22)13-4-5-14(18(19)20)12(2)8-13/h3-8,11,16H,9-10H2,1-2H3. The van der Waals surface area contributed by atoms with Crippen molar-refractivity contribution in [1.82, 2.24) is 14.5 Å². The molecule has 0 bridgehead atoms. The summed E-state index contributed by atoms with van der Waals surface area (Å²) in [6, 6.07) is 5.55. The van der Waals surface area contributed by atoms with Crippen LogP contribution in [0.4, 0.5) is 5.69 Å². The quantitative estimate of drug-likeness (QED) is 0.611. The predicted molar refractivity (Wildman–Crippen MR) is 84.4 cm³/mol. The van der Waals surface area contributed by atoms with Crippen molar-refractivity contribution in [2.75, 3.05) is 6.54 Å². The third-order valence-electron chi connectivity index (χ3n) is 3.35. The lowest BCUT2D eigenvalue weighted by Gasteiger charge is -2.13. The SMILES string of the molecule is Cc1cc(S(=O)(=O)NCC(C)Cn2cccn2)ccc1[N+](=O)[O-]. The van der Waals surface area contributed by atoms with Crippen LogP contribution in [0.2, 0.25) is 0 Å². The molecule has 0 radical (unpaired) electrons. The minimum atomic E-state index is -3.70. The molecular weight excluding hydrogens is 320 g/mol. The Kier molecular flexibility index (Phi) is 5.12. The van der Waals surface area contributed by atoms with E-state index in [0.29, 0.717) is 12.1 Å². The van der Waals surface area contributed by atoms with Gasteiger partial charge in [0.15, 0.2) is 0 Å². The molecule has 9 heteroatoms. The second-order valence-electron chi connectivity index (χ2n) is 5.39. The average molecular weight is 338 g/mol. The van der Waals surface area contributed by atoms with Gasteiger partial charge in [-0.25, -0.2) is 13.1 Å². The first-order chi connectivity index (χ1) is 10.8. The highest BCUT2D eigenvalue weighted by Gasteiger charge is 2.19. The van der Waals surface area contributed by atoms with Crippen LogP contribution in [0.1, 0.15) is 12.5 Å². The molecule has 0 aliphatic rings. The van der Waals surface area contributed by atoms with Crippen molar-refractivity contribution < 1.29 is 13.3 Å². The molecule has 8 nitrogen and oxygen atoms in total. The van der Waals surface area contributed by atoms with Gasteiger partial charge in [0.25, 0.3) is 5.69 Å². The van der Waals surface area contributed by atoms with E-state index in [0.717, 1.165) is 0 Å². The lowest BCUT2D eigenvalue weighted by atomic mass is 10.2. The van der Waals surface area contributed by atoms with Gasteiger partial charge in [-0.2, -0.15) is 5.10 Å². The van der Waals surface area contributed by atoms with Gasteiger partial charge in [-0.1, -0.05) is 6.92 Å². The second-order valence-corrected chi connectivity index (χ2v) is 7.16. The molecule has 1 heterocycles. The van der Waals surface area contributed by atoms with Gasteiger partial charge in [-0.05, 0) is 31.0 Å². The molecule has 0 saturated heterocycles. The number of nitro groups is 1. The highest BCUT2D eigenvalue weighted by Crippen LogP contribution is 2.21. The number of hydrogen-bond donors (Lipinski definition) is 1. The number of nitro benzene ring substituents is 1. The number of aromatic nitrogens is 2. The maximum absolute atomic E-state index is 12.3. The van der Waals surface area contributed by atoms with Gasteiger partial charge in [0, 0.05) is 37.1 Å². The van der Waals surface area contributed by atoms with E-state index in [1.165, 1.54) is 25.1 Å². The van der Waals surface area contributed by atoms with E-state index in [1.807, 2.05) is 13.1 Å². The molecule has 1 aromatic heterocycles. The van der Waals surface area contributed by atoms with Crippen LogP contribution in [0.5, 0.6) is 0 Å². The fraction of sp³-hybridized carbons (Fsp3) is 0.357. The normalized spacial score (nSPS) is 13.0. The molecule has 1 aromatic carbocycles. The monoisotopic (exact) mass is 338 g/mol. The van der Waals surface area contributed by atoms with Crippen LogP contribution in [0.3, 0.4) is 0 Å². The summed E-state index contributed by atoms with van der Waals surface area (Å²) in [6.45, 7) is 4.26. The summed E-state index contributed by atoms with van der Waals surface area (Å²) < 4.78 is 28.8. The second kappa shape index (κ2) is 6.88. The number of hydrogen-bond acceptors (Lipinski definition) is 5. The molecule has 124 valence electrons. The smallest absolute Gasteiger partial charge is 0.272 e. The Balaban J connectivity index is 2.04. The summed E-state index contributed by atoms with van der Waals surface area (Å²) in [6.07, 6.45) is 3.47. The zero-order valence-electron chi connectivity index (χ0n) is 12.8. The molecule has 23 heavy (non-hydrogen) atoms. The summed E-state index contributed by atoms with van der Waals surface area (Å²) in [5.41, 5.74) is 0.207. The molecule has 2 rings (SSSR count). The Morgan fingerprint density at radius 2 is 2.17 bits per heavy atom. The van der Waals surface area contributed by atoms with Crippen LogP contribution >= 0.6 is 0 Å². The number of rotatable bonds is 7. The number of nitrogens with zero attached hydrogens (tertiary/aromatic N) is 3. The largest absolute Gasteiger partial charge is 0.272 e. The summed E-state index contributed by atoms with van der Waals surface area (Å²) in [7, 11) is -3.70. The molecular formula is C14H18N4O4S. The molecule has 1 atom stereocenters. The summed E-state index contributed by atoms with van der Waals surface area (Å²) in [5, 5.41) is 14.9. The summed E-state index contributed by atoms with van der Waals surface area (Å²) >= 11 is 0. The first-order valence-electron chi connectivity index (χ1n) is 7.02. The Bertz CT molecular complexity index is 787. The van der Waals surface area contributed by atoms with Crippen LogP contribution < -0.4 is 4.72 Å². The number of benzene rings is 1. The third-order valence-corrected chi connectivity index (χ3v) is 4.78. The minimum Gasteiger partial charge on any atom is -0.272 e. The molecule has 0 spiro atoms. The fourth-order valence-electron chi connectivity index (χ4n) is 2.13. The fourth-order valence-corrected chi connectivity index (χ4v) is 3.38. The minimum absolute atomic E-state index is 0.0203. The van der Waals surface area contributed by atoms with Crippen molar-refractivity contribution in [3.63, 3.8) is 0 Å². The van der Waals surface area contributed by atoms with Crippen LogP contribution in [-0.4, -0.2) is 29.7 Å². The maximum Gasteiger partial charge on any atom is 0.272 e. The van der Waals surface area contributed by atoms with E-state index >= 15 is 0 Å². The number of sulfonamides is 1. The summed E-state index contributed by atoms with van der Waals surface area (Å²) in [4.78, 5) is 10.3. The first kappa shape index (κ1) is 17.1. The van der Waals surface area contributed by atoms with E-state index in [2.05, 4.69) is 9.82 Å².